The second-order valence-corrected chi connectivity index (χ2v) is 7.92. The molecule has 0 saturated heterocycles. The Kier molecular flexibility index (Phi) is 6.23. The Balaban J connectivity index is 1.36. The van der Waals surface area contributed by atoms with Crippen LogP contribution in [0.3, 0.4) is 0 Å². The van der Waals surface area contributed by atoms with E-state index >= 15 is 0 Å². The van der Waals surface area contributed by atoms with E-state index in [-0.39, 0.29) is 17.3 Å². The molecule has 0 unspecified atom stereocenters. The van der Waals surface area contributed by atoms with Crippen LogP contribution in [0.4, 0.5) is 21.9 Å². The van der Waals surface area contributed by atoms with Crippen molar-refractivity contribution < 1.29 is 9.59 Å². The standard InChI is InChI=1S/C28H21N5O3/c34-26(29-20-15-17-21(18-16-20)31-28(36)30-19-9-3-1-4-10-19)25-23-13-7-8-14-24(23)27(35)33(32-25)22-11-5-2-6-12-22/h1-18H,(H,29,34)(H2,30,31,36). The van der Waals surface area contributed by atoms with E-state index in [9.17, 15) is 14.4 Å². The van der Waals surface area contributed by atoms with E-state index in [1.807, 2.05) is 24.3 Å². The van der Waals surface area contributed by atoms with Gasteiger partial charge in [-0.05, 0) is 54.6 Å². The molecular formula is C28H21N5O3. The molecule has 8 nitrogen and oxygen atoms in total. The number of para-hydroxylation sites is 2. The fourth-order valence-corrected chi connectivity index (χ4v) is 3.74. The summed E-state index contributed by atoms with van der Waals surface area (Å²) < 4.78 is 1.23. The molecule has 0 bridgehead atoms. The minimum Gasteiger partial charge on any atom is -0.321 e. The predicted octanol–water partition coefficient (Wildman–Crippen LogP) is 5.28. The van der Waals surface area contributed by atoms with Gasteiger partial charge in [-0.15, -0.1) is 0 Å². The van der Waals surface area contributed by atoms with Crippen molar-refractivity contribution in [1.29, 1.82) is 0 Å². The molecule has 1 heterocycles. The lowest BCUT2D eigenvalue weighted by Gasteiger charge is -2.12. The average molecular weight is 476 g/mol. The quantitative estimate of drug-likeness (QED) is 0.322. The number of hydrogen-bond acceptors (Lipinski definition) is 4. The van der Waals surface area contributed by atoms with Crippen molar-refractivity contribution in [2.45, 2.75) is 0 Å². The van der Waals surface area contributed by atoms with Gasteiger partial charge in [0.05, 0.1) is 11.1 Å². The normalized spacial score (nSPS) is 10.6. The maximum absolute atomic E-state index is 13.2. The first-order valence-electron chi connectivity index (χ1n) is 11.2. The number of benzene rings is 4. The average Bonchev–Trinajstić information content (AvgIpc) is 2.91. The molecule has 8 heteroatoms. The van der Waals surface area contributed by atoms with Crippen LogP contribution in [-0.4, -0.2) is 21.7 Å². The Morgan fingerprint density at radius 2 is 1.08 bits per heavy atom. The number of nitrogens with one attached hydrogen (secondary N) is 3. The number of carbonyl (C=O) groups excluding carboxylic acids is 2. The number of aromatic nitrogens is 2. The van der Waals surface area contributed by atoms with Gasteiger partial charge in [0.2, 0.25) is 0 Å². The number of anilines is 3. The van der Waals surface area contributed by atoms with E-state index in [0.717, 1.165) is 0 Å². The first kappa shape index (κ1) is 22.5. The zero-order chi connectivity index (χ0) is 24.9. The first-order chi connectivity index (χ1) is 17.6. The van der Waals surface area contributed by atoms with Crippen LogP contribution in [0.1, 0.15) is 10.5 Å². The van der Waals surface area contributed by atoms with Gasteiger partial charge in [-0.2, -0.15) is 9.78 Å². The number of rotatable bonds is 5. The highest BCUT2D eigenvalue weighted by Gasteiger charge is 2.17. The molecule has 176 valence electrons. The zero-order valence-corrected chi connectivity index (χ0v) is 19.0. The molecule has 5 aromatic rings. The van der Waals surface area contributed by atoms with Gasteiger partial charge in [-0.3, -0.25) is 9.59 Å². The fourth-order valence-electron chi connectivity index (χ4n) is 3.74. The van der Waals surface area contributed by atoms with E-state index in [2.05, 4.69) is 21.0 Å². The van der Waals surface area contributed by atoms with Crippen LogP contribution in [0, 0.1) is 0 Å². The third-order valence-corrected chi connectivity index (χ3v) is 5.45. The monoisotopic (exact) mass is 475 g/mol. The van der Waals surface area contributed by atoms with Crippen molar-refractivity contribution in [1.82, 2.24) is 9.78 Å². The topological polar surface area (TPSA) is 105 Å². The second-order valence-electron chi connectivity index (χ2n) is 7.92. The van der Waals surface area contributed by atoms with Gasteiger partial charge in [0.15, 0.2) is 5.69 Å². The SMILES string of the molecule is O=C(Nc1ccccc1)Nc1ccc(NC(=O)c2nn(-c3ccccc3)c(=O)c3ccccc23)cc1. The van der Waals surface area contributed by atoms with Crippen LogP contribution in [-0.2, 0) is 0 Å². The third-order valence-electron chi connectivity index (χ3n) is 5.45. The largest absolute Gasteiger partial charge is 0.323 e. The lowest BCUT2D eigenvalue weighted by Crippen LogP contribution is -2.26. The molecule has 36 heavy (non-hydrogen) atoms. The Labute approximate surface area is 206 Å². The van der Waals surface area contributed by atoms with Crippen molar-refractivity contribution in [3.05, 3.63) is 125 Å². The molecular weight excluding hydrogens is 454 g/mol. The van der Waals surface area contributed by atoms with Gasteiger partial charge in [0.25, 0.3) is 11.5 Å². The van der Waals surface area contributed by atoms with Gasteiger partial charge >= 0.3 is 6.03 Å². The lowest BCUT2D eigenvalue weighted by molar-refractivity contribution is 0.102. The first-order valence-corrected chi connectivity index (χ1v) is 11.2. The lowest BCUT2D eigenvalue weighted by atomic mass is 10.1. The summed E-state index contributed by atoms with van der Waals surface area (Å²) in [5, 5.41) is 13.6. The fraction of sp³-hybridized carbons (Fsp3) is 0. The Hall–Kier alpha value is -5.24. The van der Waals surface area contributed by atoms with Gasteiger partial charge in [0, 0.05) is 22.4 Å². The summed E-state index contributed by atoms with van der Waals surface area (Å²) in [6.07, 6.45) is 0. The Morgan fingerprint density at radius 1 is 0.583 bits per heavy atom. The van der Waals surface area contributed by atoms with Gasteiger partial charge in [0.1, 0.15) is 0 Å². The zero-order valence-electron chi connectivity index (χ0n) is 19.0. The molecule has 0 saturated carbocycles. The molecule has 1 aromatic heterocycles. The number of carbonyl (C=O) groups is 2. The van der Waals surface area contributed by atoms with Gasteiger partial charge < -0.3 is 16.0 Å². The summed E-state index contributed by atoms with van der Waals surface area (Å²) in [5.74, 6) is -0.460. The molecule has 0 fully saturated rings. The van der Waals surface area contributed by atoms with Gasteiger partial charge in [-0.25, -0.2) is 4.79 Å². The number of hydrogen-bond donors (Lipinski definition) is 3. The van der Waals surface area contributed by atoms with Crippen molar-refractivity contribution in [3.8, 4) is 5.69 Å². The van der Waals surface area contributed by atoms with E-state index < -0.39 is 5.91 Å². The summed E-state index contributed by atoms with van der Waals surface area (Å²) in [6.45, 7) is 0. The maximum atomic E-state index is 13.2. The molecule has 0 aliphatic heterocycles. The number of nitrogens with zero attached hydrogens (tertiary/aromatic N) is 2. The highest BCUT2D eigenvalue weighted by atomic mass is 16.2. The molecule has 3 N–H and O–H groups in total. The Bertz CT molecular complexity index is 1600. The molecule has 3 amide bonds. The van der Waals surface area contributed by atoms with E-state index in [0.29, 0.717) is 33.5 Å². The number of fused-ring (bicyclic) bond motifs is 1. The summed E-state index contributed by atoms with van der Waals surface area (Å²) in [7, 11) is 0. The summed E-state index contributed by atoms with van der Waals surface area (Å²) in [6, 6.07) is 31.3. The Morgan fingerprint density at radius 3 is 1.72 bits per heavy atom. The molecule has 4 aromatic carbocycles. The van der Waals surface area contributed by atoms with Crippen molar-refractivity contribution in [2.75, 3.05) is 16.0 Å². The maximum Gasteiger partial charge on any atom is 0.323 e. The van der Waals surface area contributed by atoms with E-state index in [1.165, 1.54) is 4.68 Å². The van der Waals surface area contributed by atoms with E-state index in [1.54, 1.807) is 84.9 Å². The van der Waals surface area contributed by atoms with Gasteiger partial charge in [-0.1, -0.05) is 54.6 Å². The number of urea groups is 1. The van der Waals surface area contributed by atoms with Crippen molar-refractivity contribution in [2.24, 2.45) is 0 Å². The number of amides is 3. The molecule has 0 radical (unpaired) electrons. The van der Waals surface area contributed by atoms with Crippen LogP contribution in [0.2, 0.25) is 0 Å². The minimum atomic E-state index is -0.460. The van der Waals surface area contributed by atoms with Crippen molar-refractivity contribution >= 4 is 39.8 Å². The second kappa shape index (κ2) is 9.94. The smallest absolute Gasteiger partial charge is 0.321 e. The molecule has 0 aliphatic rings. The third kappa shape index (κ3) is 4.83. The molecule has 0 atom stereocenters. The molecule has 0 aliphatic carbocycles. The van der Waals surface area contributed by atoms with Crippen LogP contribution >= 0.6 is 0 Å². The molecule has 5 rings (SSSR count). The van der Waals surface area contributed by atoms with Crippen LogP contribution < -0.4 is 21.5 Å². The van der Waals surface area contributed by atoms with Crippen LogP contribution in [0.25, 0.3) is 16.5 Å². The van der Waals surface area contributed by atoms with Crippen LogP contribution in [0.5, 0.6) is 0 Å². The summed E-state index contributed by atoms with van der Waals surface area (Å²) in [5.41, 5.74) is 2.12. The van der Waals surface area contributed by atoms with E-state index in [4.69, 9.17) is 0 Å². The minimum absolute atomic E-state index is 0.124. The highest BCUT2D eigenvalue weighted by Crippen LogP contribution is 2.19. The molecule has 0 spiro atoms. The summed E-state index contributed by atoms with van der Waals surface area (Å²) in [4.78, 5) is 38.5. The summed E-state index contributed by atoms with van der Waals surface area (Å²) >= 11 is 0. The van der Waals surface area contributed by atoms with Crippen LogP contribution in [0.15, 0.2) is 114 Å². The predicted molar refractivity (Wildman–Crippen MR) is 141 cm³/mol. The highest BCUT2D eigenvalue weighted by molar-refractivity contribution is 6.11. The van der Waals surface area contributed by atoms with Crippen molar-refractivity contribution in [3.63, 3.8) is 0 Å².